The van der Waals surface area contributed by atoms with Crippen LogP contribution < -0.4 is 0 Å². The van der Waals surface area contributed by atoms with Crippen molar-refractivity contribution in [1.29, 1.82) is 5.26 Å². The van der Waals surface area contributed by atoms with Gasteiger partial charge in [0.25, 0.3) is 0 Å². The van der Waals surface area contributed by atoms with Crippen molar-refractivity contribution in [3.05, 3.63) is 40.5 Å². The average molecular weight is 251 g/mol. The van der Waals surface area contributed by atoms with Crippen molar-refractivity contribution >= 4 is 23.1 Å². The summed E-state index contributed by atoms with van der Waals surface area (Å²) < 4.78 is 0. The summed E-state index contributed by atoms with van der Waals surface area (Å²) in [6.45, 7) is 0. The second kappa shape index (κ2) is 5.37. The summed E-state index contributed by atoms with van der Waals surface area (Å²) in [7, 11) is 3.45. The lowest BCUT2D eigenvalue weighted by Crippen LogP contribution is -2.08. The smallest absolute Gasteiger partial charge is 0.337 e. The normalized spacial score (nSPS) is 10.8. The first kappa shape index (κ1) is 13.1. The summed E-state index contributed by atoms with van der Waals surface area (Å²) in [5.74, 6) is -1.06. The number of rotatable bonds is 3. The summed E-state index contributed by atoms with van der Waals surface area (Å²) in [6, 6.07) is 6.46. The molecule has 1 aromatic rings. The standard InChI is InChI=1S/C12H11ClN2O2/c1-15(2)7-10(12(16)17)9-4-3-8(6-14)5-11(9)13/h3-5,7H,1-2H3,(H,16,17)/b10-7-. The van der Waals surface area contributed by atoms with E-state index in [1.165, 1.54) is 24.4 Å². The molecule has 0 unspecified atom stereocenters. The van der Waals surface area contributed by atoms with Crippen LogP contribution in [0.3, 0.4) is 0 Å². The van der Waals surface area contributed by atoms with Crippen molar-refractivity contribution in [2.24, 2.45) is 0 Å². The molecule has 0 aliphatic rings. The Kier molecular flexibility index (Phi) is 4.13. The van der Waals surface area contributed by atoms with Gasteiger partial charge in [0.05, 0.1) is 22.2 Å². The van der Waals surface area contributed by atoms with Gasteiger partial charge < -0.3 is 10.0 Å². The highest BCUT2D eigenvalue weighted by atomic mass is 35.5. The van der Waals surface area contributed by atoms with Gasteiger partial charge in [0.1, 0.15) is 0 Å². The fourth-order valence-electron chi connectivity index (χ4n) is 1.30. The highest BCUT2D eigenvalue weighted by Crippen LogP contribution is 2.25. The van der Waals surface area contributed by atoms with E-state index < -0.39 is 5.97 Å². The molecule has 0 amide bonds. The fraction of sp³-hybridized carbons (Fsp3) is 0.167. The van der Waals surface area contributed by atoms with Crippen molar-refractivity contribution in [3.8, 4) is 6.07 Å². The molecule has 0 fully saturated rings. The molecule has 0 atom stereocenters. The first-order valence-electron chi connectivity index (χ1n) is 4.77. The van der Waals surface area contributed by atoms with E-state index in [9.17, 15) is 4.79 Å². The summed E-state index contributed by atoms with van der Waals surface area (Å²) in [4.78, 5) is 12.7. The zero-order valence-electron chi connectivity index (χ0n) is 9.44. The van der Waals surface area contributed by atoms with Crippen LogP contribution in [-0.4, -0.2) is 30.1 Å². The number of carboxylic acid groups (broad SMARTS) is 1. The molecular formula is C12H11ClN2O2. The van der Waals surface area contributed by atoms with Gasteiger partial charge in [-0.3, -0.25) is 0 Å². The summed E-state index contributed by atoms with van der Waals surface area (Å²) in [5.41, 5.74) is 0.879. The molecule has 0 saturated heterocycles. The lowest BCUT2D eigenvalue weighted by Gasteiger charge is -2.10. The minimum Gasteiger partial charge on any atom is -0.478 e. The molecule has 4 nitrogen and oxygen atoms in total. The monoisotopic (exact) mass is 250 g/mol. The lowest BCUT2D eigenvalue weighted by atomic mass is 10.0. The number of benzene rings is 1. The Balaban J connectivity index is 3.31. The number of aliphatic carboxylic acids is 1. The largest absolute Gasteiger partial charge is 0.478 e. The molecule has 0 heterocycles. The number of hydrogen-bond donors (Lipinski definition) is 1. The number of halogens is 1. The van der Waals surface area contributed by atoms with Crippen LogP contribution >= 0.6 is 11.6 Å². The molecule has 5 heteroatoms. The number of nitrogens with zero attached hydrogens (tertiary/aromatic N) is 2. The topological polar surface area (TPSA) is 64.3 Å². The minimum atomic E-state index is -1.06. The van der Waals surface area contributed by atoms with Gasteiger partial charge in [-0.05, 0) is 12.1 Å². The van der Waals surface area contributed by atoms with E-state index in [4.69, 9.17) is 22.0 Å². The zero-order valence-corrected chi connectivity index (χ0v) is 10.2. The van der Waals surface area contributed by atoms with Gasteiger partial charge in [-0.2, -0.15) is 5.26 Å². The number of carboxylic acids is 1. The Morgan fingerprint density at radius 2 is 2.18 bits per heavy atom. The predicted molar refractivity (Wildman–Crippen MR) is 65.5 cm³/mol. The second-order valence-electron chi connectivity index (χ2n) is 3.62. The maximum absolute atomic E-state index is 11.1. The number of nitriles is 1. The molecular weight excluding hydrogens is 240 g/mol. The van der Waals surface area contributed by atoms with Crippen LogP contribution in [0, 0.1) is 11.3 Å². The van der Waals surface area contributed by atoms with Gasteiger partial charge in [0, 0.05) is 25.9 Å². The molecule has 0 bridgehead atoms. The Morgan fingerprint density at radius 3 is 2.59 bits per heavy atom. The Labute approximate surface area is 104 Å². The van der Waals surface area contributed by atoms with Gasteiger partial charge in [-0.1, -0.05) is 17.7 Å². The molecule has 0 radical (unpaired) electrons. The molecule has 0 saturated carbocycles. The third-order valence-corrected chi connectivity index (χ3v) is 2.32. The lowest BCUT2D eigenvalue weighted by molar-refractivity contribution is -0.130. The highest BCUT2D eigenvalue weighted by molar-refractivity contribution is 6.34. The molecule has 1 N–H and O–H groups in total. The summed E-state index contributed by atoms with van der Waals surface area (Å²) in [6.07, 6.45) is 1.47. The summed E-state index contributed by atoms with van der Waals surface area (Å²) >= 11 is 5.96. The Morgan fingerprint density at radius 1 is 1.53 bits per heavy atom. The first-order chi connectivity index (χ1) is 7.95. The van der Waals surface area contributed by atoms with E-state index in [0.717, 1.165) is 0 Å². The zero-order chi connectivity index (χ0) is 13.0. The van der Waals surface area contributed by atoms with Crippen molar-refractivity contribution in [2.75, 3.05) is 14.1 Å². The van der Waals surface area contributed by atoms with Gasteiger partial charge in [-0.25, -0.2) is 4.79 Å². The Bertz CT molecular complexity index is 516. The van der Waals surface area contributed by atoms with E-state index in [-0.39, 0.29) is 10.6 Å². The van der Waals surface area contributed by atoms with Crippen LogP contribution in [0.5, 0.6) is 0 Å². The molecule has 0 spiro atoms. The molecule has 17 heavy (non-hydrogen) atoms. The van der Waals surface area contributed by atoms with Crippen LogP contribution in [0.4, 0.5) is 0 Å². The van der Waals surface area contributed by atoms with E-state index in [1.807, 2.05) is 6.07 Å². The van der Waals surface area contributed by atoms with Crippen LogP contribution in [0.1, 0.15) is 11.1 Å². The van der Waals surface area contributed by atoms with E-state index in [0.29, 0.717) is 11.1 Å². The fourth-order valence-corrected chi connectivity index (χ4v) is 1.58. The molecule has 0 aliphatic carbocycles. The van der Waals surface area contributed by atoms with E-state index in [1.54, 1.807) is 19.0 Å². The highest BCUT2D eigenvalue weighted by Gasteiger charge is 2.14. The van der Waals surface area contributed by atoms with Gasteiger partial charge in [0.15, 0.2) is 0 Å². The molecule has 1 aromatic carbocycles. The maximum atomic E-state index is 11.1. The predicted octanol–water partition coefficient (Wildman–Crippen LogP) is 2.20. The first-order valence-corrected chi connectivity index (χ1v) is 5.15. The molecule has 0 aliphatic heterocycles. The quantitative estimate of drug-likeness (QED) is 0.836. The second-order valence-corrected chi connectivity index (χ2v) is 4.03. The average Bonchev–Trinajstić information content (AvgIpc) is 2.25. The van der Waals surface area contributed by atoms with Crippen molar-refractivity contribution in [1.82, 2.24) is 4.90 Å². The van der Waals surface area contributed by atoms with Gasteiger partial charge in [-0.15, -0.1) is 0 Å². The van der Waals surface area contributed by atoms with E-state index >= 15 is 0 Å². The van der Waals surface area contributed by atoms with Crippen molar-refractivity contribution < 1.29 is 9.90 Å². The number of hydrogen-bond acceptors (Lipinski definition) is 3. The van der Waals surface area contributed by atoms with E-state index in [2.05, 4.69) is 0 Å². The molecule has 1 rings (SSSR count). The SMILES string of the molecule is CN(C)/C=C(\C(=O)O)c1ccc(C#N)cc1Cl. The minimum absolute atomic E-state index is 0.0875. The van der Waals surface area contributed by atoms with Crippen LogP contribution in [0.15, 0.2) is 24.4 Å². The molecule has 88 valence electrons. The maximum Gasteiger partial charge on any atom is 0.337 e. The molecule has 0 aromatic heterocycles. The summed E-state index contributed by atoms with van der Waals surface area (Å²) in [5, 5.41) is 18.1. The van der Waals surface area contributed by atoms with Crippen LogP contribution in [0.25, 0.3) is 5.57 Å². The van der Waals surface area contributed by atoms with Crippen molar-refractivity contribution in [3.63, 3.8) is 0 Å². The van der Waals surface area contributed by atoms with Crippen molar-refractivity contribution in [2.45, 2.75) is 0 Å². The third kappa shape index (κ3) is 3.23. The van der Waals surface area contributed by atoms with Gasteiger partial charge >= 0.3 is 5.97 Å². The number of carbonyl (C=O) groups is 1. The van der Waals surface area contributed by atoms with Crippen LogP contribution in [0.2, 0.25) is 5.02 Å². The van der Waals surface area contributed by atoms with Crippen LogP contribution in [-0.2, 0) is 4.79 Å². The Hall–Kier alpha value is -1.99. The van der Waals surface area contributed by atoms with Gasteiger partial charge in [0.2, 0.25) is 0 Å². The third-order valence-electron chi connectivity index (χ3n) is 2.01.